The Morgan fingerprint density at radius 2 is 1.79 bits per heavy atom. The Kier molecular flexibility index (Phi) is 7.49. The van der Waals surface area contributed by atoms with Gasteiger partial charge in [-0.15, -0.1) is 0 Å². The second kappa shape index (κ2) is 8.71. The van der Waals surface area contributed by atoms with E-state index in [4.69, 9.17) is 0 Å². The van der Waals surface area contributed by atoms with Gasteiger partial charge in [-0.05, 0) is 32.0 Å². The van der Waals surface area contributed by atoms with Crippen LogP contribution in [0.3, 0.4) is 0 Å². The third-order valence-electron chi connectivity index (χ3n) is 3.91. The summed E-state index contributed by atoms with van der Waals surface area (Å²) >= 11 is 0. The molecule has 0 radical (unpaired) electrons. The molecule has 0 saturated heterocycles. The number of carbonyl (C=O) groups excluding carboxylic acids is 1. The van der Waals surface area contributed by atoms with Crippen molar-refractivity contribution in [2.24, 2.45) is 7.05 Å². The molecule has 1 atom stereocenters. The average Bonchev–Trinajstić information content (AvgIpc) is 2.97. The molecule has 0 aliphatic heterocycles. The van der Waals surface area contributed by atoms with Crippen LogP contribution in [0.1, 0.15) is 23.0 Å². The van der Waals surface area contributed by atoms with Gasteiger partial charge in [0.15, 0.2) is 5.82 Å². The summed E-state index contributed by atoms with van der Waals surface area (Å²) < 4.78 is 91.8. The van der Waals surface area contributed by atoms with E-state index in [9.17, 15) is 35.2 Å². The van der Waals surface area contributed by atoms with E-state index in [2.05, 4.69) is 5.32 Å². The van der Waals surface area contributed by atoms with Gasteiger partial charge in [-0.25, -0.2) is 17.2 Å². The molecule has 1 amide bonds. The largest absolute Gasteiger partial charge is 0.404 e. The van der Waals surface area contributed by atoms with E-state index >= 15 is 0 Å². The fourth-order valence-electron chi connectivity index (χ4n) is 2.22. The first kappa shape index (κ1) is 24.9. The summed E-state index contributed by atoms with van der Waals surface area (Å²) in [4.78, 5) is 11.7. The number of hydrogen-bond acceptors (Lipinski definition) is 3. The minimum atomic E-state index is -4.79. The molecule has 13 heteroatoms. The fraction of sp³-hybridized carbons (Fsp3) is 0.312. The molecule has 0 aliphatic carbocycles. The number of carbonyl (C=O) groups is 1. The van der Waals surface area contributed by atoms with Crippen molar-refractivity contribution in [1.29, 1.82) is 0 Å². The number of nitrogens with one attached hydrogen (secondary N) is 2. The molecule has 1 aromatic heterocycles. The second-order valence-corrected chi connectivity index (χ2v) is 7.76. The maximum atomic E-state index is 14.0. The van der Waals surface area contributed by atoms with Gasteiger partial charge in [0.05, 0.1) is 5.69 Å². The lowest BCUT2D eigenvalue weighted by molar-refractivity contribution is -0.147. The van der Waals surface area contributed by atoms with E-state index in [1.807, 2.05) is 0 Å². The molecular weight excluding hydrogens is 441 g/mol. The topological polar surface area (TPSA) is 80.2 Å². The smallest absolute Gasteiger partial charge is 0.345 e. The van der Waals surface area contributed by atoms with Crippen molar-refractivity contribution < 1.29 is 35.2 Å². The summed E-state index contributed by atoms with van der Waals surface area (Å²) in [6, 6.07) is 0.432. The van der Waals surface area contributed by atoms with E-state index in [-0.39, 0.29) is 30.4 Å². The Morgan fingerprint density at radius 3 is 2.34 bits per heavy atom. The third-order valence-corrected chi connectivity index (χ3v) is 5.42. The predicted molar refractivity (Wildman–Crippen MR) is 101 cm³/mol. The third kappa shape index (κ3) is 5.48. The number of aromatic nitrogens is 1. The fourth-order valence-corrected chi connectivity index (χ4v) is 3.52. The molecule has 2 rings (SSSR count). The van der Waals surface area contributed by atoms with Crippen LogP contribution < -0.4 is 10.0 Å². The summed E-state index contributed by atoms with van der Waals surface area (Å²) in [5.74, 6) is -2.75. The number of anilines is 1. The molecule has 0 unspecified atom stereocenters. The van der Waals surface area contributed by atoms with Crippen molar-refractivity contribution in [3.8, 4) is 0 Å². The van der Waals surface area contributed by atoms with Gasteiger partial charge in [0.1, 0.15) is 22.4 Å². The summed E-state index contributed by atoms with van der Waals surface area (Å²) in [6.07, 6.45) is -3.85. The first-order chi connectivity index (χ1) is 12.7. The predicted octanol–water partition coefficient (Wildman–Crippen LogP) is 3.21. The number of alkyl halides is 3. The van der Waals surface area contributed by atoms with Crippen molar-refractivity contribution in [2.75, 3.05) is 5.32 Å². The van der Waals surface area contributed by atoms with E-state index in [0.717, 1.165) is 29.0 Å². The van der Waals surface area contributed by atoms with Crippen LogP contribution in [0.25, 0.3) is 0 Å². The summed E-state index contributed by atoms with van der Waals surface area (Å²) in [5.41, 5.74) is -0.918. The van der Waals surface area contributed by atoms with Gasteiger partial charge in [0.25, 0.3) is 5.91 Å². The minimum absolute atomic E-state index is 0. The van der Waals surface area contributed by atoms with Crippen molar-refractivity contribution in [1.82, 2.24) is 9.29 Å². The van der Waals surface area contributed by atoms with Gasteiger partial charge in [-0.1, -0.05) is 0 Å². The maximum Gasteiger partial charge on any atom is 0.404 e. The average molecular weight is 459 g/mol. The highest BCUT2D eigenvalue weighted by Crippen LogP contribution is 2.24. The summed E-state index contributed by atoms with van der Waals surface area (Å²) in [5, 5.41) is 2.17. The zero-order valence-electron chi connectivity index (χ0n) is 15.4. The first-order valence-electron chi connectivity index (χ1n) is 7.75. The molecule has 1 heterocycles. The summed E-state index contributed by atoms with van der Waals surface area (Å²) in [7, 11) is -3.28. The van der Waals surface area contributed by atoms with E-state index in [1.54, 1.807) is 0 Å². The lowest BCUT2D eigenvalue weighted by Crippen LogP contribution is -2.42. The molecule has 0 saturated carbocycles. The molecule has 1 aromatic carbocycles. The molecule has 162 valence electrons. The van der Waals surface area contributed by atoms with Gasteiger partial charge < -0.3 is 9.88 Å². The van der Waals surface area contributed by atoms with Crippen LogP contribution in [0.4, 0.5) is 27.6 Å². The van der Waals surface area contributed by atoms with Crippen molar-refractivity contribution in [3.63, 3.8) is 0 Å². The highest BCUT2D eigenvalue weighted by molar-refractivity contribution is 7.89. The van der Waals surface area contributed by atoms with Gasteiger partial charge >= 0.3 is 6.18 Å². The molecule has 6 nitrogen and oxygen atoms in total. The number of sulfonamides is 1. The Hall–Kier alpha value is -2.12. The molecule has 2 N–H and O–H groups in total. The maximum absolute atomic E-state index is 14.0. The van der Waals surface area contributed by atoms with Crippen LogP contribution in [0.15, 0.2) is 29.3 Å². The van der Waals surface area contributed by atoms with E-state index < -0.39 is 44.7 Å². The minimum Gasteiger partial charge on any atom is -0.345 e. The molecular formula is C16H18F5N3O3S2. The van der Waals surface area contributed by atoms with Crippen LogP contribution in [0.5, 0.6) is 0 Å². The van der Waals surface area contributed by atoms with Crippen molar-refractivity contribution in [2.45, 2.75) is 31.0 Å². The number of hydrogen-bond donors (Lipinski definition) is 2. The number of rotatable bonds is 5. The Morgan fingerprint density at radius 1 is 1.21 bits per heavy atom. The zero-order chi connectivity index (χ0) is 21.4. The number of benzene rings is 1. The monoisotopic (exact) mass is 459 g/mol. The van der Waals surface area contributed by atoms with Crippen LogP contribution in [0.2, 0.25) is 0 Å². The van der Waals surface area contributed by atoms with E-state index in [1.165, 1.54) is 18.7 Å². The molecule has 0 spiro atoms. The Labute approximate surface area is 170 Å². The summed E-state index contributed by atoms with van der Waals surface area (Å²) in [6.45, 7) is 1.80. The lowest BCUT2D eigenvalue weighted by atomic mass is 10.2. The number of amides is 1. The van der Waals surface area contributed by atoms with Crippen molar-refractivity contribution in [3.05, 3.63) is 47.3 Å². The Balaban J connectivity index is 0.00000420. The molecule has 0 aliphatic rings. The highest BCUT2D eigenvalue weighted by atomic mass is 32.2. The second-order valence-electron chi connectivity index (χ2n) is 6.04. The quantitative estimate of drug-likeness (QED) is 0.674. The molecule has 0 bridgehead atoms. The van der Waals surface area contributed by atoms with Crippen molar-refractivity contribution >= 4 is 35.1 Å². The normalized spacial score (nSPS) is 13.0. The Bertz CT molecular complexity index is 1020. The molecule has 0 fully saturated rings. The highest BCUT2D eigenvalue weighted by Gasteiger charge is 2.39. The van der Waals surface area contributed by atoms with Crippen LogP contribution >= 0.6 is 13.5 Å². The number of nitrogens with zero attached hydrogens (tertiary/aromatic N) is 1. The number of halogens is 5. The zero-order valence-corrected chi connectivity index (χ0v) is 17.2. The van der Waals surface area contributed by atoms with Crippen LogP contribution in [-0.2, 0) is 17.1 Å². The van der Waals surface area contributed by atoms with E-state index in [0.29, 0.717) is 6.92 Å². The van der Waals surface area contributed by atoms with Crippen LogP contribution in [0, 0.1) is 18.6 Å². The lowest BCUT2D eigenvalue weighted by Gasteiger charge is -2.16. The molecule has 29 heavy (non-hydrogen) atoms. The number of aryl methyl sites for hydroxylation is 1. The van der Waals surface area contributed by atoms with Crippen LogP contribution in [-0.4, -0.2) is 31.1 Å². The SMILES string of the molecule is Cc1c(F)ccc(NC(=O)c2cc(S(=O)(=O)N[C@@H](C)C(F)(F)F)cn2C)c1F.S. The van der Waals surface area contributed by atoms with Gasteiger partial charge in [-0.2, -0.15) is 31.4 Å². The van der Waals surface area contributed by atoms with Gasteiger partial charge in [0.2, 0.25) is 10.0 Å². The standard InChI is InChI=1S/C16H16F5N3O3S.H2S/c1-8-11(17)4-5-12(14(8)18)22-15(25)13-6-10(7-24(13)3)28(26,27)23-9(2)16(19,20)21;/h4-7,9,23H,1-3H3,(H,22,25);1H2/t9-;/m0./s1. The first-order valence-corrected chi connectivity index (χ1v) is 9.23. The van der Waals surface area contributed by atoms with Gasteiger partial charge in [-0.3, -0.25) is 4.79 Å². The van der Waals surface area contributed by atoms with Gasteiger partial charge in [0, 0.05) is 18.8 Å². The molecule has 2 aromatic rings.